The molecule has 1 saturated heterocycles. The SMILES string of the molecule is CC1=CCCC(C)(O)C2OC(C1)C1C2C(C(C)C)CC(O)C1(C)O. The lowest BCUT2D eigenvalue weighted by atomic mass is 9.57. The molecule has 3 N–H and O–H groups in total. The third-order valence-electron chi connectivity index (χ3n) is 6.96. The minimum atomic E-state index is -1.18. The first-order valence-electron chi connectivity index (χ1n) is 9.49. The molecule has 0 spiro atoms. The molecule has 2 bridgehead atoms. The summed E-state index contributed by atoms with van der Waals surface area (Å²) < 4.78 is 6.42. The van der Waals surface area contributed by atoms with Crippen LogP contribution < -0.4 is 0 Å². The van der Waals surface area contributed by atoms with Crippen molar-refractivity contribution < 1.29 is 20.1 Å². The van der Waals surface area contributed by atoms with Crippen LogP contribution in [0.15, 0.2) is 11.6 Å². The maximum Gasteiger partial charge on any atom is 0.0934 e. The Kier molecular flexibility index (Phi) is 4.66. The van der Waals surface area contributed by atoms with Gasteiger partial charge in [-0.05, 0) is 64.2 Å². The van der Waals surface area contributed by atoms with Crippen molar-refractivity contribution in [2.75, 3.05) is 0 Å². The summed E-state index contributed by atoms with van der Waals surface area (Å²) in [4.78, 5) is 0. The molecule has 8 atom stereocenters. The van der Waals surface area contributed by atoms with E-state index in [-0.39, 0.29) is 30.0 Å². The fraction of sp³-hybridized carbons (Fsp3) is 0.900. The highest BCUT2D eigenvalue weighted by molar-refractivity contribution is 5.16. The van der Waals surface area contributed by atoms with E-state index < -0.39 is 17.3 Å². The lowest BCUT2D eigenvalue weighted by Crippen LogP contribution is -2.60. The maximum atomic E-state index is 11.2. The van der Waals surface area contributed by atoms with Gasteiger partial charge >= 0.3 is 0 Å². The van der Waals surface area contributed by atoms with Crippen molar-refractivity contribution in [2.24, 2.45) is 23.7 Å². The minimum Gasteiger partial charge on any atom is -0.390 e. The highest BCUT2D eigenvalue weighted by Crippen LogP contribution is 2.56. The van der Waals surface area contributed by atoms with Gasteiger partial charge in [0.25, 0.3) is 0 Å². The van der Waals surface area contributed by atoms with Gasteiger partial charge in [-0.25, -0.2) is 0 Å². The van der Waals surface area contributed by atoms with Crippen LogP contribution in [0.3, 0.4) is 0 Å². The number of rotatable bonds is 1. The van der Waals surface area contributed by atoms with E-state index in [1.54, 1.807) is 6.92 Å². The van der Waals surface area contributed by atoms with Crippen molar-refractivity contribution in [2.45, 2.75) is 89.8 Å². The van der Waals surface area contributed by atoms with E-state index in [9.17, 15) is 15.3 Å². The molecule has 4 heteroatoms. The smallest absolute Gasteiger partial charge is 0.0934 e. The first-order chi connectivity index (χ1) is 11.1. The predicted octanol–water partition coefficient (Wildman–Crippen LogP) is 2.66. The molecule has 24 heavy (non-hydrogen) atoms. The van der Waals surface area contributed by atoms with Crippen molar-refractivity contribution in [3.8, 4) is 0 Å². The van der Waals surface area contributed by atoms with Gasteiger partial charge in [0.15, 0.2) is 0 Å². The fourth-order valence-corrected chi connectivity index (χ4v) is 5.54. The van der Waals surface area contributed by atoms with Crippen molar-refractivity contribution >= 4 is 0 Å². The van der Waals surface area contributed by atoms with Crippen LogP contribution in [0.2, 0.25) is 0 Å². The third-order valence-corrected chi connectivity index (χ3v) is 6.96. The molecule has 0 amide bonds. The number of aliphatic hydroxyl groups is 3. The normalized spacial score (nSPS) is 52.3. The van der Waals surface area contributed by atoms with Crippen LogP contribution in [0.25, 0.3) is 0 Å². The molecule has 2 fully saturated rings. The van der Waals surface area contributed by atoms with E-state index in [1.807, 2.05) is 6.92 Å². The van der Waals surface area contributed by atoms with Gasteiger partial charge in [0.2, 0.25) is 0 Å². The van der Waals surface area contributed by atoms with Gasteiger partial charge < -0.3 is 20.1 Å². The van der Waals surface area contributed by atoms with Gasteiger partial charge in [0, 0.05) is 5.92 Å². The van der Waals surface area contributed by atoms with E-state index in [4.69, 9.17) is 4.74 Å². The van der Waals surface area contributed by atoms with Crippen molar-refractivity contribution in [1.82, 2.24) is 0 Å². The van der Waals surface area contributed by atoms with Crippen LogP contribution in [0.1, 0.15) is 60.3 Å². The largest absolute Gasteiger partial charge is 0.390 e. The molecule has 0 aromatic heterocycles. The summed E-state index contributed by atoms with van der Waals surface area (Å²) in [6.45, 7) is 10.1. The average Bonchev–Trinajstić information content (AvgIpc) is 2.84. The Morgan fingerprint density at radius 2 is 1.92 bits per heavy atom. The number of fused-ring (bicyclic) bond motifs is 5. The lowest BCUT2D eigenvalue weighted by Gasteiger charge is -2.51. The van der Waals surface area contributed by atoms with Crippen LogP contribution >= 0.6 is 0 Å². The van der Waals surface area contributed by atoms with Crippen LogP contribution in [0.5, 0.6) is 0 Å². The van der Waals surface area contributed by atoms with Gasteiger partial charge in [-0.2, -0.15) is 0 Å². The third kappa shape index (κ3) is 2.86. The van der Waals surface area contributed by atoms with Crippen molar-refractivity contribution in [3.63, 3.8) is 0 Å². The maximum absolute atomic E-state index is 11.2. The Hall–Kier alpha value is -0.420. The second kappa shape index (κ2) is 6.08. The number of ether oxygens (including phenoxy) is 1. The molecule has 8 unspecified atom stereocenters. The van der Waals surface area contributed by atoms with E-state index >= 15 is 0 Å². The molecule has 1 saturated carbocycles. The summed E-state index contributed by atoms with van der Waals surface area (Å²) in [5.74, 6) is 0.555. The molecule has 2 heterocycles. The van der Waals surface area contributed by atoms with Gasteiger partial charge in [0.05, 0.1) is 29.5 Å². The van der Waals surface area contributed by atoms with Crippen LogP contribution in [0, 0.1) is 23.7 Å². The zero-order chi connectivity index (χ0) is 17.9. The molecular weight excluding hydrogens is 304 g/mol. The van der Waals surface area contributed by atoms with Crippen LogP contribution in [-0.4, -0.2) is 44.8 Å². The molecule has 0 radical (unpaired) electrons. The average molecular weight is 338 g/mol. The second-order valence-corrected chi connectivity index (χ2v) is 9.23. The molecule has 138 valence electrons. The zero-order valence-corrected chi connectivity index (χ0v) is 15.7. The Morgan fingerprint density at radius 3 is 2.54 bits per heavy atom. The Morgan fingerprint density at radius 1 is 1.25 bits per heavy atom. The summed E-state index contributed by atoms with van der Waals surface area (Å²) in [5, 5.41) is 32.9. The van der Waals surface area contributed by atoms with Crippen molar-refractivity contribution in [1.29, 1.82) is 0 Å². The molecule has 1 aliphatic carbocycles. The summed E-state index contributed by atoms with van der Waals surface area (Å²) in [6, 6.07) is 0. The molecule has 4 nitrogen and oxygen atoms in total. The molecule has 0 aromatic carbocycles. The zero-order valence-electron chi connectivity index (χ0n) is 15.7. The Balaban J connectivity index is 2.08. The summed E-state index contributed by atoms with van der Waals surface area (Å²) >= 11 is 0. The van der Waals surface area contributed by atoms with E-state index in [0.29, 0.717) is 18.8 Å². The Labute approximate surface area is 145 Å². The Bertz CT molecular complexity index is 508. The lowest BCUT2D eigenvalue weighted by molar-refractivity contribution is -0.168. The monoisotopic (exact) mass is 338 g/mol. The van der Waals surface area contributed by atoms with Gasteiger partial charge in [-0.15, -0.1) is 0 Å². The van der Waals surface area contributed by atoms with Crippen LogP contribution in [-0.2, 0) is 4.74 Å². The summed E-state index contributed by atoms with van der Waals surface area (Å²) in [7, 11) is 0. The fourth-order valence-electron chi connectivity index (χ4n) is 5.54. The predicted molar refractivity (Wildman–Crippen MR) is 93.4 cm³/mol. The number of aliphatic hydroxyl groups excluding tert-OH is 1. The summed E-state index contributed by atoms with van der Waals surface area (Å²) in [5.41, 5.74) is -0.843. The van der Waals surface area contributed by atoms with E-state index in [2.05, 4.69) is 26.8 Å². The summed E-state index contributed by atoms with van der Waals surface area (Å²) in [6.07, 6.45) is 3.87. The minimum absolute atomic E-state index is 0.0781. The number of hydrogen-bond acceptors (Lipinski definition) is 4. The van der Waals surface area contributed by atoms with E-state index in [0.717, 1.165) is 12.8 Å². The molecule has 3 rings (SSSR count). The van der Waals surface area contributed by atoms with Gasteiger partial charge in [0.1, 0.15) is 0 Å². The number of allylic oxidation sites excluding steroid dienone is 1. The molecule has 3 aliphatic rings. The standard InChI is InChI=1S/C20H34O4/c1-11(2)13-10-15(21)20(5,23)17-14-9-12(3)7-6-8-19(4,22)18(24-14)16(13)17/h7,11,13-18,21-23H,6,8-10H2,1-5H3. The first kappa shape index (κ1) is 18.4. The number of hydrogen-bond donors (Lipinski definition) is 3. The topological polar surface area (TPSA) is 69.9 Å². The van der Waals surface area contributed by atoms with Gasteiger partial charge in [-0.3, -0.25) is 0 Å². The molecule has 2 aliphatic heterocycles. The van der Waals surface area contributed by atoms with Gasteiger partial charge in [-0.1, -0.05) is 25.5 Å². The van der Waals surface area contributed by atoms with E-state index in [1.165, 1.54) is 5.57 Å². The first-order valence-corrected chi connectivity index (χ1v) is 9.49. The van der Waals surface area contributed by atoms with Crippen LogP contribution in [0.4, 0.5) is 0 Å². The quantitative estimate of drug-likeness (QED) is 0.643. The molecule has 0 aromatic rings. The second-order valence-electron chi connectivity index (χ2n) is 9.23. The highest BCUT2D eigenvalue weighted by atomic mass is 16.5. The highest BCUT2D eigenvalue weighted by Gasteiger charge is 2.63. The molecular formula is C20H34O4. The van der Waals surface area contributed by atoms with Crippen molar-refractivity contribution in [3.05, 3.63) is 11.6 Å².